The molecule has 1 N–H and O–H groups in total. The molecular weight excluding hydrogens is 282 g/mol. The van der Waals surface area contributed by atoms with Crippen molar-refractivity contribution in [3.8, 4) is 0 Å². The van der Waals surface area contributed by atoms with Gasteiger partial charge in [0.1, 0.15) is 12.1 Å². The average molecular weight is 293 g/mol. The molecule has 8 nitrogen and oxygen atoms in total. The second-order valence-corrected chi connectivity index (χ2v) is 4.90. The summed E-state index contributed by atoms with van der Waals surface area (Å²) < 4.78 is 8.17. The van der Waals surface area contributed by atoms with Crippen LogP contribution in [0.5, 0.6) is 0 Å². The number of nitrogens with one attached hydrogen (secondary N) is 1. The van der Waals surface area contributed by atoms with Crippen molar-refractivity contribution in [2.24, 2.45) is 0 Å². The number of methoxy groups -OCH3 is 1. The Morgan fingerprint density at radius 2 is 2.35 bits per heavy atom. The molecule has 0 amide bonds. The third-order valence-electron chi connectivity index (χ3n) is 2.91. The van der Waals surface area contributed by atoms with E-state index >= 15 is 0 Å². The molecule has 3 aromatic rings. The van der Waals surface area contributed by atoms with Crippen LogP contribution in [0.25, 0.3) is 15.9 Å². The molecule has 0 aliphatic rings. The number of aromatic nitrogens is 4. The molecule has 9 heteroatoms. The van der Waals surface area contributed by atoms with Gasteiger partial charge in [-0.3, -0.25) is 14.0 Å². The lowest BCUT2D eigenvalue weighted by Gasteiger charge is -2.08. The van der Waals surface area contributed by atoms with Gasteiger partial charge in [-0.1, -0.05) is 0 Å². The van der Waals surface area contributed by atoms with Crippen LogP contribution in [-0.2, 0) is 16.1 Å². The fourth-order valence-electron chi connectivity index (χ4n) is 1.98. The summed E-state index contributed by atoms with van der Waals surface area (Å²) in [5.41, 5.74) is 2.43. The minimum atomic E-state index is -0.530. The smallest absolute Gasteiger partial charge is 0.327 e. The molecule has 0 aliphatic carbocycles. The van der Waals surface area contributed by atoms with Crippen molar-refractivity contribution in [3.05, 3.63) is 21.9 Å². The van der Waals surface area contributed by atoms with E-state index in [1.807, 2.05) is 0 Å². The predicted molar refractivity (Wildman–Crippen MR) is 74.2 cm³/mol. The van der Waals surface area contributed by atoms with Crippen LogP contribution in [0.2, 0.25) is 0 Å². The second kappa shape index (κ2) is 4.60. The Bertz CT molecular complexity index is 862. The molecule has 0 radical (unpaired) electrons. The highest BCUT2D eigenvalue weighted by Gasteiger charge is 2.16. The summed E-state index contributed by atoms with van der Waals surface area (Å²) in [6.07, 6.45) is 0. The van der Waals surface area contributed by atoms with Crippen LogP contribution >= 0.6 is 11.3 Å². The van der Waals surface area contributed by atoms with Gasteiger partial charge in [0.25, 0.3) is 5.56 Å². The number of fused-ring (bicyclic) bond motifs is 3. The molecule has 0 atom stereocenters. The van der Waals surface area contributed by atoms with Gasteiger partial charge in [0.2, 0.25) is 5.95 Å². The normalized spacial score (nSPS) is 11.1. The highest BCUT2D eigenvalue weighted by molar-refractivity contribution is 7.16. The third kappa shape index (κ3) is 1.74. The van der Waals surface area contributed by atoms with Crippen LogP contribution in [0.3, 0.4) is 0 Å². The van der Waals surface area contributed by atoms with Gasteiger partial charge >= 0.3 is 5.97 Å². The Kier molecular flexibility index (Phi) is 2.90. The lowest BCUT2D eigenvalue weighted by atomic mass is 10.5. The lowest BCUT2D eigenvalue weighted by molar-refractivity contribution is -0.141. The number of thiazole rings is 1. The summed E-state index contributed by atoms with van der Waals surface area (Å²) in [6.45, 7) is -0.229. The molecule has 0 bridgehead atoms. The van der Waals surface area contributed by atoms with Gasteiger partial charge < -0.3 is 10.1 Å². The fraction of sp³-hybridized carbons (Fsp3) is 0.273. The summed E-state index contributed by atoms with van der Waals surface area (Å²) in [6, 6.07) is 1.74. The maximum atomic E-state index is 12.3. The van der Waals surface area contributed by atoms with Crippen LogP contribution in [0.4, 0.5) is 5.95 Å². The van der Waals surface area contributed by atoms with Crippen LogP contribution in [0.15, 0.2) is 16.4 Å². The first-order valence-electron chi connectivity index (χ1n) is 5.76. The molecular formula is C11H11N5O3S. The van der Waals surface area contributed by atoms with Crippen LogP contribution in [0.1, 0.15) is 0 Å². The Hall–Kier alpha value is -2.42. The maximum absolute atomic E-state index is 12.3. The number of anilines is 1. The molecule has 0 aromatic carbocycles. The van der Waals surface area contributed by atoms with Crippen molar-refractivity contribution in [1.82, 2.24) is 19.2 Å². The number of hydrogen-bond acceptors (Lipinski definition) is 7. The summed E-state index contributed by atoms with van der Waals surface area (Å²) >= 11 is 1.44. The van der Waals surface area contributed by atoms with E-state index in [2.05, 4.69) is 20.1 Å². The first kappa shape index (κ1) is 12.6. The van der Waals surface area contributed by atoms with E-state index in [9.17, 15) is 9.59 Å². The molecule has 0 aliphatic heterocycles. The van der Waals surface area contributed by atoms with Gasteiger partial charge in [-0.2, -0.15) is 0 Å². The van der Waals surface area contributed by atoms with Gasteiger partial charge in [0.05, 0.1) is 17.3 Å². The zero-order chi connectivity index (χ0) is 14.3. The predicted octanol–water partition coefficient (Wildman–Crippen LogP) is 0.320. The van der Waals surface area contributed by atoms with Crippen molar-refractivity contribution >= 4 is 39.1 Å². The Morgan fingerprint density at radius 1 is 1.55 bits per heavy atom. The zero-order valence-corrected chi connectivity index (χ0v) is 11.6. The highest BCUT2D eigenvalue weighted by atomic mass is 32.1. The van der Waals surface area contributed by atoms with E-state index in [0.29, 0.717) is 17.1 Å². The molecule has 3 aromatic heterocycles. The van der Waals surface area contributed by atoms with Gasteiger partial charge in [-0.15, -0.1) is 16.4 Å². The van der Waals surface area contributed by atoms with E-state index in [1.165, 1.54) is 18.4 Å². The number of rotatable bonds is 3. The summed E-state index contributed by atoms with van der Waals surface area (Å²) in [7, 11) is 2.95. The van der Waals surface area contributed by atoms with E-state index in [-0.39, 0.29) is 12.1 Å². The molecule has 0 spiro atoms. The van der Waals surface area contributed by atoms with Gasteiger partial charge in [-0.25, -0.2) is 9.67 Å². The number of carbonyl (C=O) groups excluding carboxylic acids is 1. The molecule has 0 unspecified atom stereocenters. The molecule has 3 heterocycles. The number of hydrogen-bond donors (Lipinski definition) is 1. The molecule has 104 valence electrons. The fourth-order valence-corrected chi connectivity index (χ4v) is 2.68. The van der Waals surface area contributed by atoms with Crippen LogP contribution in [-0.4, -0.2) is 39.3 Å². The number of carbonyl (C=O) groups is 1. The molecule has 0 fully saturated rings. The molecule has 0 saturated carbocycles. The van der Waals surface area contributed by atoms with Crippen molar-refractivity contribution in [3.63, 3.8) is 0 Å². The first-order chi connectivity index (χ1) is 9.65. The quantitative estimate of drug-likeness (QED) is 0.699. The number of nitrogens with zero attached hydrogens (tertiary/aromatic N) is 4. The lowest BCUT2D eigenvalue weighted by Crippen LogP contribution is -2.29. The molecule has 20 heavy (non-hydrogen) atoms. The minimum Gasteiger partial charge on any atom is -0.468 e. The third-order valence-corrected chi connectivity index (χ3v) is 3.67. The van der Waals surface area contributed by atoms with Crippen molar-refractivity contribution < 1.29 is 9.53 Å². The van der Waals surface area contributed by atoms with Gasteiger partial charge in [-0.05, 0) is 6.07 Å². The van der Waals surface area contributed by atoms with Crippen molar-refractivity contribution in [1.29, 1.82) is 0 Å². The van der Waals surface area contributed by atoms with E-state index < -0.39 is 5.97 Å². The zero-order valence-electron chi connectivity index (χ0n) is 10.8. The standard InChI is InChI=1S/C11H11N5O3S/c1-12-11-14-15(4-8(17)19-2)10(18)6-3-7-9(16(6)11)13-5-20-7/h3,5H,4H2,1-2H3,(H,12,14). The summed E-state index contributed by atoms with van der Waals surface area (Å²) in [5, 5.41) is 7.03. The number of ether oxygens (including phenoxy) is 1. The minimum absolute atomic E-state index is 0.229. The number of esters is 1. The largest absolute Gasteiger partial charge is 0.468 e. The van der Waals surface area contributed by atoms with Crippen molar-refractivity contribution in [2.45, 2.75) is 6.54 Å². The Balaban J connectivity index is 2.32. The topological polar surface area (TPSA) is 90.5 Å². The SMILES string of the molecule is CNc1nn(CC(=O)OC)c(=O)c2cc3scnc3n12. The van der Waals surface area contributed by atoms with Gasteiger partial charge in [0.15, 0.2) is 5.65 Å². The summed E-state index contributed by atoms with van der Waals surface area (Å²) in [4.78, 5) is 27.9. The van der Waals surface area contributed by atoms with Crippen molar-refractivity contribution in [2.75, 3.05) is 19.5 Å². The average Bonchev–Trinajstić information content (AvgIpc) is 3.02. The molecule has 3 rings (SSSR count). The molecule has 0 saturated heterocycles. The van der Waals surface area contributed by atoms with E-state index in [4.69, 9.17) is 0 Å². The van der Waals surface area contributed by atoms with Crippen LogP contribution < -0.4 is 10.9 Å². The highest BCUT2D eigenvalue weighted by Crippen LogP contribution is 2.23. The van der Waals surface area contributed by atoms with E-state index in [0.717, 1.165) is 9.38 Å². The maximum Gasteiger partial charge on any atom is 0.327 e. The second-order valence-electron chi connectivity index (χ2n) is 4.02. The first-order valence-corrected chi connectivity index (χ1v) is 6.64. The van der Waals surface area contributed by atoms with Crippen LogP contribution in [0, 0.1) is 0 Å². The monoisotopic (exact) mass is 293 g/mol. The van der Waals surface area contributed by atoms with E-state index in [1.54, 1.807) is 23.0 Å². The Labute approximate surface area is 116 Å². The Morgan fingerprint density at radius 3 is 3.05 bits per heavy atom. The van der Waals surface area contributed by atoms with Gasteiger partial charge in [0, 0.05) is 7.05 Å². The summed E-state index contributed by atoms with van der Waals surface area (Å²) in [5.74, 6) is -0.0955.